The zero-order valence-electron chi connectivity index (χ0n) is 17.2. The highest BCUT2D eigenvalue weighted by Gasteiger charge is 2.23. The molecule has 166 valence electrons. The number of nitrogens with one attached hydrogen (secondary N) is 2. The van der Waals surface area contributed by atoms with Gasteiger partial charge in [-0.1, -0.05) is 13.0 Å². The second-order valence-corrected chi connectivity index (χ2v) is 7.30. The first-order valence-corrected chi connectivity index (χ1v) is 10.0. The van der Waals surface area contributed by atoms with Crippen molar-refractivity contribution in [2.45, 2.75) is 19.4 Å². The van der Waals surface area contributed by atoms with E-state index in [4.69, 9.17) is 0 Å². The van der Waals surface area contributed by atoms with Crippen LogP contribution in [0.15, 0.2) is 53.8 Å². The van der Waals surface area contributed by atoms with E-state index in [-0.39, 0.29) is 22.4 Å². The Bertz CT molecular complexity index is 1540. The summed E-state index contributed by atoms with van der Waals surface area (Å²) >= 11 is 0. The van der Waals surface area contributed by atoms with Crippen LogP contribution in [0.3, 0.4) is 0 Å². The molecule has 5 rings (SSSR count). The second-order valence-electron chi connectivity index (χ2n) is 7.30. The summed E-state index contributed by atoms with van der Waals surface area (Å²) in [6.07, 6.45) is 3.20. The van der Waals surface area contributed by atoms with Gasteiger partial charge >= 0.3 is 0 Å². The minimum absolute atomic E-state index is 0.111. The molecule has 11 heteroatoms. The minimum Gasteiger partial charge on any atom is -0.358 e. The van der Waals surface area contributed by atoms with Crippen molar-refractivity contribution >= 4 is 27.9 Å². The predicted molar refractivity (Wildman–Crippen MR) is 116 cm³/mol. The Kier molecular flexibility index (Phi) is 5.00. The summed E-state index contributed by atoms with van der Waals surface area (Å²) < 4.78 is 43.7. The van der Waals surface area contributed by atoms with E-state index in [1.165, 1.54) is 24.8 Å². The van der Waals surface area contributed by atoms with Crippen molar-refractivity contribution in [3.63, 3.8) is 0 Å². The quantitative estimate of drug-likeness (QED) is 0.418. The molecule has 0 saturated carbocycles. The molecule has 0 radical (unpaired) electrons. The molecular weight excluding hydrogens is 435 g/mol. The third-order valence-electron chi connectivity index (χ3n) is 5.23. The van der Waals surface area contributed by atoms with Gasteiger partial charge in [-0.15, -0.1) is 0 Å². The average molecular weight is 451 g/mol. The average Bonchev–Trinajstić information content (AvgIpc) is 3.26. The molecule has 33 heavy (non-hydrogen) atoms. The van der Waals surface area contributed by atoms with E-state index in [1.54, 1.807) is 0 Å². The molecule has 0 saturated heterocycles. The van der Waals surface area contributed by atoms with Gasteiger partial charge in [0.1, 0.15) is 40.5 Å². The van der Waals surface area contributed by atoms with E-state index in [9.17, 15) is 18.0 Å². The van der Waals surface area contributed by atoms with Crippen LogP contribution in [-0.4, -0.2) is 29.5 Å². The summed E-state index contributed by atoms with van der Waals surface area (Å²) in [5.74, 6) is -2.01. The van der Waals surface area contributed by atoms with Gasteiger partial charge in [0, 0.05) is 6.07 Å². The Morgan fingerprint density at radius 2 is 1.88 bits per heavy atom. The van der Waals surface area contributed by atoms with Crippen LogP contribution in [0.5, 0.6) is 0 Å². The number of aromatic nitrogens is 6. The van der Waals surface area contributed by atoms with Crippen LogP contribution in [0.2, 0.25) is 0 Å². The van der Waals surface area contributed by atoms with Gasteiger partial charge < -0.3 is 10.3 Å². The molecule has 8 nitrogen and oxygen atoms in total. The van der Waals surface area contributed by atoms with Gasteiger partial charge in [0.25, 0.3) is 5.56 Å². The largest absolute Gasteiger partial charge is 0.358 e. The van der Waals surface area contributed by atoms with Gasteiger partial charge in [-0.3, -0.25) is 9.36 Å². The van der Waals surface area contributed by atoms with Crippen molar-refractivity contribution < 1.29 is 13.2 Å². The number of fused-ring (bicyclic) bond motifs is 2. The number of H-pyrrole nitrogens is 1. The number of hydrogen-bond donors (Lipinski definition) is 2. The number of aromatic amines is 1. The zero-order valence-corrected chi connectivity index (χ0v) is 17.2. The molecule has 0 fully saturated rings. The molecule has 2 N–H and O–H groups in total. The number of halogens is 3. The molecule has 0 spiro atoms. The summed E-state index contributed by atoms with van der Waals surface area (Å²) in [7, 11) is 0. The number of hydrogen-bond acceptors (Lipinski definition) is 6. The maximum Gasteiger partial charge on any atom is 0.269 e. The van der Waals surface area contributed by atoms with Crippen LogP contribution in [-0.2, 0) is 0 Å². The maximum atomic E-state index is 14.6. The number of anilines is 1. The van der Waals surface area contributed by atoms with E-state index >= 15 is 0 Å². The van der Waals surface area contributed by atoms with E-state index in [0.29, 0.717) is 29.5 Å². The van der Waals surface area contributed by atoms with E-state index < -0.39 is 29.1 Å². The highest BCUT2D eigenvalue weighted by molar-refractivity contribution is 5.82. The Hall–Kier alpha value is -4.28. The highest BCUT2D eigenvalue weighted by Crippen LogP contribution is 2.27. The zero-order chi connectivity index (χ0) is 23.1. The van der Waals surface area contributed by atoms with Crippen molar-refractivity contribution in [1.29, 1.82) is 0 Å². The topological polar surface area (TPSA) is 101 Å². The third kappa shape index (κ3) is 3.56. The first-order chi connectivity index (χ1) is 16.0. The Balaban J connectivity index is 1.76. The number of rotatable bonds is 5. The van der Waals surface area contributed by atoms with Crippen LogP contribution in [0.4, 0.5) is 19.0 Å². The maximum absolute atomic E-state index is 14.6. The Morgan fingerprint density at radius 3 is 2.64 bits per heavy atom. The predicted octanol–water partition coefficient (Wildman–Crippen LogP) is 4.03. The molecule has 3 heterocycles. The summed E-state index contributed by atoms with van der Waals surface area (Å²) in [6.45, 7) is 1.83. The molecule has 0 amide bonds. The molecule has 2 aromatic carbocycles. The molecule has 0 aliphatic carbocycles. The van der Waals surface area contributed by atoms with Gasteiger partial charge in [0.05, 0.1) is 23.6 Å². The number of benzene rings is 2. The highest BCUT2D eigenvalue weighted by atomic mass is 19.1. The first-order valence-electron chi connectivity index (χ1n) is 10.0. The monoisotopic (exact) mass is 451 g/mol. The fraction of sp³-hybridized carbons (Fsp3) is 0.136. The molecule has 1 atom stereocenters. The van der Waals surface area contributed by atoms with Crippen LogP contribution in [0.25, 0.3) is 27.8 Å². The molecule has 0 aliphatic rings. The fourth-order valence-electron chi connectivity index (χ4n) is 3.75. The van der Waals surface area contributed by atoms with Crippen LogP contribution in [0, 0.1) is 17.5 Å². The summed E-state index contributed by atoms with van der Waals surface area (Å²) in [5.41, 5.74) is 0.194. The van der Waals surface area contributed by atoms with E-state index in [2.05, 4.69) is 30.2 Å². The lowest BCUT2D eigenvalue weighted by atomic mass is 10.1. The Morgan fingerprint density at radius 1 is 1.09 bits per heavy atom. The number of imidazole rings is 1. The summed E-state index contributed by atoms with van der Waals surface area (Å²) in [5, 5.41) is 2.92. The van der Waals surface area contributed by atoms with Gasteiger partial charge in [0.2, 0.25) is 0 Å². The summed E-state index contributed by atoms with van der Waals surface area (Å²) in [4.78, 5) is 33.3. The van der Waals surface area contributed by atoms with Crippen molar-refractivity contribution in [1.82, 2.24) is 29.5 Å². The standard InChI is InChI=1S/C22H16F3N7O/c1-2-15(30-20-18-19(27-9-26-18)28-10-29-20)21-31-16-5-3-4-14(25)17(16)22(33)32(21)13-7-11(23)6-12(24)8-13/h3-10,15H,2H2,1H3,(H2,26,27,28,29,30)/t15-/m1/s1. The smallest absolute Gasteiger partial charge is 0.269 e. The van der Waals surface area contributed by atoms with Crippen LogP contribution >= 0.6 is 0 Å². The van der Waals surface area contributed by atoms with Gasteiger partial charge in [-0.25, -0.2) is 33.1 Å². The van der Waals surface area contributed by atoms with Crippen molar-refractivity contribution in [3.8, 4) is 5.69 Å². The molecule has 0 aliphatic heterocycles. The third-order valence-corrected chi connectivity index (χ3v) is 5.23. The van der Waals surface area contributed by atoms with E-state index in [1.807, 2.05) is 6.92 Å². The van der Waals surface area contributed by atoms with Crippen LogP contribution < -0.4 is 10.9 Å². The number of nitrogens with zero attached hydrogens (tertiary/aromatic N) is 5. The lowest BCUT2D eigenvalue weighted by Gasteiger charge is -2.22. The van der Waals surface area contributed by atoms with Crippen molar-refractivity contribution in [3.05, 3.63) is 82.7 Å². The van der Waals surface area contributed by atoms with Gasteiger partial charge in [-0.2, -0.15) is 0 Å². The SMILES string of the molecule is CC[C@@H](Nc1ncnc2nc[nH]c12)c1nc2cccc(F)c2c(=O)n1-c1cc(F)cc(F)c1. The summed E-state index contributed by atoms with van der Waals surface area (Å²) in [6, 6.07) is 6.11. The fourth-order valence-corrected chi connectivity index (χ4v) is 3.75. The van der Waals surface area contributed by atoms with Crippen molar-refractivity contribution in [2.24, 2.45) is 0 Å². The normalized spacial score (nSPS) is 12.4. The van der Waals surface area contributed by atoms with Gasteiger partial charge in [-0.05, 0) is 30.7 Å². The second kappa shape index (κ2) is 8.01. The molecule has 5 aromatic rings. The molecular formula is C22H16F3N7O. The first kappa shape index (κ1) is 20.6. The molecule has 0 bridgehead atoms. The van der Waals surface area contributed by atoms with Crippen molar-refractivity contribution in [2.75, 3.05) is 5.32 Å². The minimum atomic E-state index is -0.882. The van der Waals surface area contributed by atoms with Crippen LogP contribution in [0.1, 0.15) is 25.2 Å². The van der Waals surface area contributed by atoms with E-state index in [0.717, 1.165) is 22.8 Å². The van der Waals surface area contributed by atoms with Gasteiger partial charge in [0.15, 0.2) is 11.5 Å². The molecule has 3 aromatic heterocycles. The Labute approximate surface area is 184 Å². The lowest BCUT2D eigenvalue weighted by Crippen LogP contribution is -2.29. The lowest BCUT2D eigenvalue weighted by molar-refractivity contribution is 0.578. The molecule has 0 unspecified atom stereocenters.